The summed E-state index contributed by atoms with van der Waals surface area (Å²) in [5.74, 6) is -0.931. The zero-order valence-corrected chi connectivity index (χ0v) is 15.9. The van der Waals surface area contributed by atoms with E-state index in [1.807, 2.05) is 0 Å². The number of carbonyl (C=O) groups excluding carboxylic acids is 2. The summed E-state index contributed by atoms with van der Waals surface area (Å²) in [5, 5.41) is 7.71. The van der Waals surface area contributed by atoms with E-state index in [2.05, 4.69) is 14.9 Å². The van der Waals surface area contributed by atoms with E-state index in [1.54, 1.807) is 24.3 Å². The van der Waals surface area contributed by atoms with Gasteiger partial charge >= 0.3 is 6.36 Å². The van der Waals surface area contributed by atoms with Crippen LogP contribution in [0.3, 0.4) is 0 Å². The van der Waals surface area contributed by atoms with Crippen LogP contribution in [-0.2, 0) is 14.2 Å². The maximum absolute atomic E-state index is 12.6. The molecule has 3 aliphatic rings. The van der Waals surface area contributed by atoms with Crippen molar-refractivity contribution in [2.75, 3.05) is 13.2 Å². The van der Waals surface area contributed by atoms with Gasteiger partial charge in [-0.15, -0.1) is 23.4 Å². The van der Waals surface area contributed by atoms with E-state index in [0.717, 1.165) is 4.90 Å². The Hall–Kier alpha value is -2.83. The fourth-order valence-corrected chi connectivity index (χ4v) is 3.88. The predicted molar refractivity (Wildman–Crippen MR) is 92.6 cm³/mol. The number of benzene rings is 1. The Morgan fingerprint density at radius 3 is 2.13 bits per heavy atom. The average molecular weight is 439 g/mol. The number of aromatic nitrogens is 2. The molecular weight excluding hydrogens is 423 g/mol. The van der Waals surface area contributed by atoms with Gasteiger partial charge < -0.3 is 13.9 Å². The molecule has 1 aliphatic carbocycles. The maximum Gasteiger partial charge on any atom is 0.522 e. The molecule has 0 atom stereocenters. The van der Waals surface area contributed by atoms with Gasteiger partial charge in [-0.1, -0.05) is 12.1 Å². The number of nitrogens with zero attached hydrogens (tertiary/aromatic N) is 3. The summed E-state index contributed by atoms with van der Waals surface area (Å²) in [6.45, 7) is 0.0253. The second-order valence-corrected chi connectivity index (χ2v) is 7.51. The Bertz CT molecular complexity index is 976. The number of fused-ring (bicyclic) bond motifs is 1. The standard InChI is InChI=1S/C19H16F3N3O6/c20-19(21,22)31-11-5-9(6-11)14-23-24-15(30-14)18-28-7-10(8-29-18)25-16(26)12-3-1-2-4-13(12)17(25)27/h1-4,9-11,18H,5-8H2. The van der Waals surface area contributed by atoms with Crippen LogP contribution in [0.4, 0.5) is 13.2 Å². The summed E-state index contributed by atoms with van der Waals surface area (Å²) < 4.78 is 57.3. The van der Waals surface area contributed by atoms with Crippen molar-refractivity contribution >= 4 is 11.8 Å². The second-order valence-electron chi connectivity index (χ2n) is 7.51. The van der Waals surface area contributed by atoms with Gasteiger partial charge in [0.1, 0.15) is 0 Å². The minimum Gasteiger partial charge on any atom is -0.420 e. The predicted octanol–water partition coefficient (Wildman–Crippen LogP) is 2.56. The lowest BCUT2D eigenvalue weighted by molar-refractivity contribution is -0.352. The van der Waals surface area contributed by atoms with Crippen LogP contribution in [0.25, 0.3) is 0 Å². The number of carbonyl (C=O) groups is 2. The monoisotopic (exact) mass is 439 g/mol. The van der Waals surface area contributed by atoms with Crippen LogP contribution in [0.2, 0.25) is 0 Å². The van der Waals surface area contributed by atoms with Crippen LogP contribution in [0, 0.1) is 0 Å². The molecule has 1 saturated heterocycles. The molecule has 0 unspecified atom stereocenters. The molecule has 2 fully saturated rings. The number of amides is 2. The first-order valence-electron chi connectivity index (χ1n) is 9.58. The molecule has 3 heterocycles. The second kappa shape index (κ2) is 7.39. The average Bonchev–Trinajstić information content (AvgIpc) is 3.28. The number of hydrogen-bond acceptors (Lipinski definition) is 8. The van der Waals surface area contributed by atoms with Crippen molar-refractivity contribution in [2.24, 2.45) is 0 Å². The van der Waals surface area contributed by atoms with Crippen LogP contribution < -0.4 is 0 Å². The molecule has 164 valence electrons. The molecule has 31 heavy (non-hydrogen) atoms. The number of ether oxygens (including phenoxy) is 3. The van der Waals surface area contributed by atoms with Gasteiger partial charge in [-0.2, -0.15) is 0 Å². The normalized spacial score (nSPS) is 28.5. The van der Waals surface area contributed by atoms with Gasteiger partial charge in [0.05, 0.1) is 36.5 Å². The molecule has 0 spiro atoms. The summed E-state index contributed by atoms with van der Waals surface area (Å²) in [6.07, 6.45) is -6.35. The van der Waals surface area contributed by atoms with E-state index in [9.17, 15) is 22.8 Å². The van der Waals surface area contributed by atoms with Crippen LogP contribution in [0.5, 0.6) is 0 Å². The van der Waals surface area contributed by atoms with Gasteiger partial charge in [-0.25, -0.2) is 0 Å². The summed E-state index contributed by atoms with van der Waals surface area (Å²) in [7, 11) is 0. The van der Waals surface area contributed by atoms with Gasteiger partial charge in [-0.05, 0) is 25.0 Å². The number of alkyl halides is 3. The van der Waals surface area contributed by atoms with E-state index < -0.39 is 36.6 Å². The number of hydrogen-bond donors (Lipinski definition) is 0. The quantitative estimate of drug-likeness (QED) is 0.670. The molecule has 0 N–H and O–H groups in total. The molecule has 12 heteroatoms. The first-order valence-corrected chi connectivity index (χ1v) is 9.58. The van der Waals surface area contributed by atoms with Crippen LogP contribution in [0.15, 0.2) is 28.7 Å². The fraction of sp³-hybridized carbons (Fsp3) is 0.474. The third-order valence-electron chi connectivity index (χ3n) is 5.47. The molecule has 0 bridgehead atoms. The van der Waals surface area contributed by atoms with Crippen molar-refractivity contribution in [1.82, 2.24) is 15.1 Å². The molecule has 2 aliphatic heterocycles. The molecule has 1 aromatic heterocycles. The van der Waals surface area contributed by atoms with E-state index in [4.69, 9.17) is 13.9 Å². The van der Waals surface area contributed by atoms with Crippen molar-refractivity contribution in [3.05, 3.63) is 47.2 Å². The minimum atomic E-state index is -4.67. The van der Waals surface area contributed by atoms with Crippen LogP contribution in [-0.4, -0.2) is 58.6 Å². The zero-order valence-electron chi connectivity index (χ0n) is 15.9. The van der Waals surface area contributed by atoms with Gasteiger partial charge in [0.25, 0.3) is 17.7 Å². The summed E-state index contributed by atoms with van der Waals surface area (Å²) in [5.41, 5.74) is 0.675. The molecule has 0 radical (unpaired) electrons. The van der Waals surface area contributed by atoms with Gasteiger partial charge in [0.2, 0.25) is 12.2 Å². The Morgan fingerprint density at radius 1 is 0.968 bits per heavy atom. The number of rotatable bonds is 4. The molecule has 2 amide bonds. The highest BCUT2D eigenvalue weighted by molar-refractivity contribution is 6.21. The lowest BCUT2D eigenvalue weighted by Crippen LogP contribution is -2.48. The van der Waals surface area contributed by atoms with E-state index in [0.29, 0.717) is 11.1 Å². The first kappa shape index (κ1) is 20.1. The van der Waals surface area contributed by atoms with Gasteiger partial charge in [-0.3, -0.25) is 19.2 Å². The third kappa shape index (κ3) is 3.70. The molecule has 2 aromatic rings. The zero-order chi connectivity index (χ0) is 21.8. The minimum absolute atomic E-state index is 0.0127. The number of halogens is 3. The molecular formula is C19H16F3N3O6. The lowest BCUT2D eigenvalue weighted by atomic mass is 9.82. The van der Waals surface area contributed by atoms with E-state index >= 15 is 0 Å². The topological polar surface area (TPSA) is 104 Å². The highest BCUT2D eigenvalue weighted by Crippen LogP contribution is 2.41. The summed E-state index contributed by atoms with van der Waals surface area (Å²) >= 11 is 0. The van der Waals surface area contributed by atoms with Crippen molar-refractivity contribution in [2.45, 2.75) is 43.6 Å². The van der Waals surface area contributed by atoms with Gasteiger partial charge in [0, 0.05) is 5.92 Å². The van der Waals surface area contributed by atoms with Gasteiger partial charge in [0.15, 0.2) is 0 Å². The smallest absolute Gasteiger partial charge is 0.420 e. The SMILES string of the molecule is O=C1c2ccccc2C(=O)N1C1COC(c2nnc(C3CC(OC(F)(F)F)C3)o2)OC1. The van der Waals surface area contributed by atoms with Crippen molar-refractivity contribution < 1.29 is 41.4 Å². The Labute approximate surface area is 173 Å². The molecule has 5 rings (SSSR count). The van der Waals surface area contributed by atoms with Crippen molar-refractivity contribution in [3.8, 4) is 0 Å². The Balaban J connectivity index is 1.17. The lowest BCUT2D eigenvalue weighted by Gasteiger charge is -2.33. The fourth-order valence-electron chi connectivity index (χ4n) is 3.88. The highest BCUT2D eigenvalue weighted by Gasteiger charge is 2.44. The number of imide groups is 1. The van der Waals surface area contributed by atoms with Crippen LogP contribution >= 0.6 is 0 Å². The van der Waals surface area contributed by atoms with E-state index in [1.165, 1.54) is 0 Å². The Morgan fingerprint density at radius 2 is 1.55 bits per heavy atom. The summed E-state index contributed by atoms with van der Waals surface area (Å²) in [6, 6.07) is 5.94. The molecule has 9 nitrogen and oxygen atoms in total. The van der Waals surface area contributed by atoms with Crippen LogP contribution in [0.1, 0.15) is 57.5 Å². The molecule has 1 saturated carbocycles. The highest BCUT2D eigenvalue weighted by atomic mass is 19.4. The Kier molecular flexibility index (Phi) is 4.79. The first-order chi connectivity index (χ1) is 14.8. The summed E-state index contributed by atoms with van der Waals surface area (Å²) in [4.78, 5) is 26.2. The molecule has 1 aromatic carbocycles. The maximum atomic E-state index is 12.6. The van der Waals surface area contributed by atoms with Crippen molar-refractivity contribution in [3.63, 3.8) is 0 Å². The third-order valence-corrected chi connectivity index (χ3v) is 5.47. The van der Waals surface area contributed by atoms with E-state index in [-0.39, 0.29) is 43.8 Å². The van der Waals surface area contributed by atoms with Crippen molar-refractivity contribution in [1.29, 1.82) is 0 Å². The largest absolute Gasteiger partial charge is 0.522 e.